The summed E-state index contributed by atoms with van der Waals surface area (Å²) in [5.74, 6) is 1.94. The summed E-state index contributed by atoms with van der Waals surface area (Å²) in [6.45, 7) is 6.74. The first-order valence-electron chi connectivity index (χ1n) is 9.31. The number of anilines is 1. The molecule has 0 bridgehead atoms. The molecule has 3 rings (SSSR count). The van der Waals surface area contributed by atoms with Gasteiger partial charge in [0.15, 0.2) is 5.65 Å². The lowest BCUT2D eigenvalue weighted by Gasteiger charge is -2.25. The second-order valence-corrected chi connectivity index (χ2v) is 6.90. The van der Waals surface area contributed by atoms with Gasteiger partial charge in [-0.25, -0.2) is 9.97 Å². The van der Waals surface area contributed by atoms with E-state index < -0.39 is 0 Å². The van der Waals surface area contributed by atoms with Crippen molar-refractivity contribution in [3.05, 3.63) is 12.0 Å². The molecule has 0 aromatic carbocycles. The molecule has 3 heterocycles. The van der Waals surface area contributed by atoms with Crippen LogP contribution in [0.3, 0.4) is 0 Å². The lowest BCUT2D eigenvalue weighted by Crippen LogP contribution is -2.34. The fourth-order valence-electron chi connectivity index (χ4n) is 3.43. The van der Waals surface area contributed by atoms with Gasteiger partial charge in [0.1, 0.15) is 11.6 Å². The minimum absolute atomic E-state index is 0.911. The van der Waals surface area contributed by atoms with Crippen LogP contribution in [0.1, 0.15) is 44.9 Å². The van der Waals surface area contributed by atoms with Gasteiger partial charge in [0, 0.05) is 33.6 Å². The van der Waals surface area contributed by atoms with E-state index in [9.17, 15) is 0 Å². The van der Waals surface area contributed by atoms with Gasteiger partial charge in [0.2, 0.25) is 0 Å². The summed E-state index contributed by atoms with van der Waals surface area (Å²) in [5, 5.41) is 5.43. The first kappa shape index (κ1) is 17.1. The largest absolute Gasteiger partial charge is 0.358 e. The van der Waals surface area contributed by atoms with Crippen LogP contribution >= 0.6 is 0 Å². The van der Waals surface area contributed by atoms with Crippen molar-refractivity contribution in [3.8, 4) is 0 Å². The topological polar surface area (TPSA) is 50.1 Å². The van der Waals surface area contributed by atoms with E-state index in [1.165, 1.54) is 38.8 Å². The van der Waals surface area contributed by atoms with Crippen LogP contribution in [0.2, 0.25) is 0 Å². The Morgan fingerprint density at radius 3 is 2.58 bits per heavy atom. The SMILES string of the molecule is CCCc1nc(N(C)CCN2CCCCCC2)c2cnn(C)c2n1. The van der Waals surface area contributed by atoms with Gasteiger partial charge in [0.25, 0.3) is 0 Å². The summed E-state index contributed by atoms with van der Waals surface area (Å²) >= 11 is 0. The monoisotopic (exact) mass is 330 g/mol. The summed E-state index contributed by atoms with van der Waals surface area (Å²) in [5.41, 5.74) is 0.935. The van der Waals surface area contributed by atoms with Gasteiger partial charge < -0.3 is 9.80 Å². The van der Waals surface area contributed by atoms with Crippen LogP contribution < -0.4 is 4.90 Å². The zero-order valence-electron chi connectivity index (χ0n) is 15.3. The summed E-state index contributed by atoms with van der Waals surface area (Å²) in [7, 11) is 4.09. The molecule has 1 aliphatic heterocycles. The molecule has 1 saturated heterocycles. The summed E-state index contributed by atoms with van der Waals surface area (Å²) in [6, 6.07) is 0. The van der Waals surface area contributed by atoms with Gasteiger partial charge in [-0.05, 0) is 32.4 Å². The fraction of sp³-hybridized carbons (Fsp3) is 0.722. The second-order valence-electron chi connectivity index (χ2n) is 6.90. The molecule has 2 aromatic rings. The smallest absolute Gasteiger partial charge is 0.163 e. The predicted molar refractivity (Wildman–Crippen MR) is 98.5 cm³/mol. The Morgan fingerprint density at radius 2 is 1.88 bits per heavy atom. The Bertz CT molecular complexity index is 657. The standard InChI is InChI=1S/C18H30N6/c1-4-9-16-20-17(15-14-19-23(3)18(15)21-16)22(2)12-13-24-10-7-5-6-8-11-24/h14H,4-13H2,1-3H3. The average molecular weight is 330 g/mol. The molecule has 24 heavy (non-hydrogen) atoms. The van der Waals surface area contributed by atoms with E-state index >= 15 is 0 Å². The minimum Gasteiger partial charge on any atom is -0.358 e. The molecule has 2 aromatic heterocycles. The van der Waals surface area contributed by atoms with E-state index in [-0.39, 0.29) is 0 Å². The molecule has 6 nitrogen and oxygen atoms in total. The lowest BCUT2D eigenvalue weighted by atomic mass is 10.2. The lowest BCUT2D eigenvalue weighted by molar-refractivity contribution is 0.291. The van der Waals surface area contributed by atoms with Gasteiger partial charge in [0.05, 0.1) is 11.6 Å². The third-order valence-corrected chi connectivity index (χ3v) is 4.90. The highest BCUT2D eigenvalue weighted by atomic mass is 15.3. The van der Waals surface area contributed by atoms with Crippen LogP contribution in [0.4, 0.5) is 5.82 Å². The van der Waals surface area contributed by atoms with Crippen LogP contribution in [0.15, 0.2) is 6.20 Å². The second kappa shape index (κ2) is 7.92. The van der Waals surface area contributed by atoms with Crippen molar-refractivity contribution in [3.63, 3.8) is 0 Å². The number of likely N-dealkylation sites (N-methyl/N-ethyl adjacent to an activating group) is 1. The van der Waals surface area contributed by atoms with Crippen molar-refractivity contribution < 1.29 is 0 Å². The third kappa shape index (κ3) is 3.86. The number of rotatable bonds is 6. The van der Waals surface area contributed by atoms with Crippen molar-refractivity contribution in [2.75, 3.05) is 38.1 Å². The maximum atomic E-state index is 4.83. The summed E-state index contributed by atoms with van der Waals surface area (Å²) in [6.07, 6.45) is 9.30. The number of fused-ring (bicyclic) bond motifs is 1. The molecule has 0 saturated carbocycles. The molecular formula is C18H30N6. The van der Waals surface area contributed by atoms with Crippen molar-refractivity contribution in [1.29, 1.82) is 0 Å². The van der Waals surface area contributed by atoms with Crippen LogP contribution in [0.5, 0.6) is 0 Å². The molecule has 6 heteroatoms. The maximum absolute atomic E-state index is 4.83. The molecule has 0 unspecified atom stereocenters. The fourth-order valence-corrected chi connectivity index (χ4v) is 3.43. The van der Waals surface area contributed by atoms with Gasteiger partial charge in [-0.1, -0.05) is 19.8 Å². The summed E-state index contributed by atoms with van der Waals surface area (Å²) < 4.78 is 1.85. The molecule has 0 radical (unpaired) electrons. The highest BCUT2D eigenvalue weighted by Gasteiger charge is 2.16. The van der Waals surface area contributed by atoms with E-state index in [1.54, 1.807) is 0 Å². The normalized spacial score (nSPS) is 16.5. The number of hydrogen-bond donors (Lipinski definition) is 0. The molecule has 1 aliphatic rings. The van der Waals surface area contributed by atoms with E-state index in [1.807, 2.05) is 17.9 Å². The highest BCUT2D eigenvalue weighted by molar-refractivity contribution is 5.86. The number of hydrogen-bond acceptors (Lipinski definition) is 5. The van der Waals surface area contributed by atoms with E-state index in [0.717, 1.165) is 48.6 Å². The van der Waals surface area contributed by atoms with Crippen LogP contribution in [-0.2, 0) is 13.5 Å². The zero-order chi connectivity index (χ0) is 16.9. The summed E-state index contributed by atoms with van der Waals surface area (Å²) in [4.78, 5) is 14.4. The molecule has 0 atom stereocenters. The van der Waals surface area contributed by atoms with Gasteiger partial charge in [-0.3, -0.25) is 4.68 Å². The van der Waals surface area contributed by atoms with Crippen molar-refractivity contribution in [2.45, 2.75) is 45.4 Å². The Hall–Kier alpha value is -1.69. The first-order valence-corrected chi connectivity index (χ1v) is 9.31. The molecule has 0 aliphatic carbocycles. The van der Waals surface area contributed by atoms with Crippen LogP contribution in [0.25, 0.3) is 11.0 Å². The number of aromatic nitrogens is 4. The Labute approximate surface area is 144 Å². The van der Waals surface area contributed by atoms with E-state index in [2.05, 4.69) is 33.9 Å². The van der Waals surface area contributed by atoms with Crippen molar-refractivity contribution in [2.24, 2.45) is 7.05 Å². The van der Waals surface area contributed by atoms with Gasteiger partial charge in [-0.15, -0.1) is 0 Å². The molecule has 0 spiro atoms. The van der Waals surface area contributed by atoms with Crippen molar-refractivity contribution >= 4 is 16.9 Å². The van der Waals surface area contributed by atoms with Gasteiger partial charge in [-0.2, -0.15) is 5.10 Å². The first-order chi connectivity index (χ1) is 11.7. The van der Waals surface area contributed by atoms with Crippen LogP contribution in [-0.4, -0.2) is 57.9 Å². The predicted octanol–water partition coefficient (Wildman–Crippen LogP) is 2.63. The van der Waals surface area contributed by atoms with Crippen molar-refractivity contribution in [1.82, 2.24) is 24.6 Å². The molecule has 0 amide bonds. The Balaban J connectivity index is 1.76. The molecular weight excluding hydrogens is 300 g/mol. The number of aryl methyl sites for hydroxylation is 2. The molecule has 1 fully saturated rings. The minimum atomic E-state index is 0.911. The quantitative estimate of drug-likeness (QED) is 0.815. The van der Waals surface area contributed by atoms with E-state index in [0.29, 0.717) is 0 Å². The zero-order valence-corrected chi connectivity index (χ0v) is 15.3. The molecule has 132 valence electrons. The molecule has 0 N–H and O–H groups in total. The number of likely N-dealkylation sites (tertiary alicyclic amines) is 1. The average Bonchev–Trinajstić information content (AvgIpc) is 2.80. The Morgan fingerprint density at radius 1 is 1.12 bits per heavy atom. The highest BCUT2D eigenvalue weighted by Crippen LogP contribution is 2.23. The van der Waals surface area contributed by atoms with Crippen LogP contribution in [0, 0.1) is 0 Å². The number of nitrogens with zero attached hydrogens (tertiary/aromatic N) is 6. The maximum Gasteiger partial charge on any atom is 0.163 e. The third-order valence-electron chi connectivity index (χ3n) is 4.90. The van der Waals surface area contributed by atoms with Gasteiger partial charge >= 0.3 is 0 Å². The van der Waals surface area contributed by atoms with E-state index in [4.69, 9.17) is 4.98 Å². The Kier molecular flexibility index (Phi) is 5.66.